The molecular weight excluding hydrogens is 344 g/mol. The number of morpholine rings is 1. The number of phenolic OH excluding ortho intramolecular Hbond substituents is 1. The SMILES string of the molecule is Cl.O=C(c1n[nH]c2c1CNCC2)N1CCOC(c2cccc(O)c2)C1. The van der Waals surface area contributed by atoms with Crippen molar-refractivity contribution in [2.45, 2.75) is 19.1 Å². The first-order valence-corrected chi connectivity index (χ1v) is 8.19. The minimum Gasteiger partial charge on any atom is -0.508 e. The van der Waals surface area contributed by atoms with Gasteiger partial charge in [0, 0.05) is 37.3 Å². The Balaban J connectivity index is 0.00000182. The number of phenols is 1. The van der Waals surface area contributed by atoms with E-state index < -0.39 is 0 Å². The first-order chi connectivity index (χ1) is 11.7. The molecule has 0 radical (unpaired) electrons. The van der Waals surface area contributed by atoms with Gasteiger partial charge in [-0.05, 0) is 17.7 Å². The molecule has 1 aromatic heterocycles. The molecule has 1 saturated heterocycles. The van der Waals surface area contributed by atoms with Crippen LogP contribution in [0, 0.1) is 0 Å². The zero-order valence-corrected chi connectivity index (χ0v) is 14.5. The van der Waals surface area contributed by atoms with E-state index in [9.17, 15) is 9.90 Å². The number of nitrogens with zero attached hydrogens (tertiary/aromatic N) is 2. The normalized spacial score (nSPS) is 19.8. The third-order valence-corrected chi connectivity index (χ3v) is 4.60. The molecule has 25 heavy (non-hydrogen) atoms. The largest absolute Gasteiger partial charge is 0.508 e. The molecule has 0 aliphatic carbocycles. The fourth-order valence-corrected chi connectivity index (χ4v) is 3.31. The lowest BCUT2D eigenvalue weighted by Crippen LogP contribution is -2.43. The maximum Gasteiger partial charge on any atom is 0.274 e. The number of H-pyrrole nitrogens is 1. The number of amides is 1. The summed E-state index contributed by atoms with van der Waals surface area (Å²) in [6.07, 6.45) is 0.632. The molecule has 0 saturated carbocycles. The molecule has 1 amide bonds. The Morgan fingerprint density at radius 3 is 3.12 bits per heavy atom. The maximum absolute atomic E-state index is 12.9. The van der Waals surface area contributed by atoms with E-state index in [4.69, 9.17) is 4.74 Å². The highest BCUT2D eigenvalue weighted by Crippen LogP contribution is 2.26. The van der Waals surface area contributed by atoms with Crippen molar-refractivity contribution in [1.29, 1.82) is 0 Å². The summed E-state index contributed by atoms with van der Waals surface area (Å²) in [6.45, 7) is 3.05. The van der Waals surface area contributed by atoms with Gasteiger partial charge in [0.25, 0.3) is 5.91 Å². The Morgan fingerprint density at radius 1 is 1.40 bits per heavy atom. The van der Waals surface area contributed by atoms with Crippen molar-refractivity contribution in [3.8, 4) is 5.75 Å². The first-order valence-electron chi connectivity index (χ1n) is 8.19. The summed E-state index contributed by atoms with van der Waals surface area (Å²) in [7, 11) is 0. The van der Waals surface area contributed by atoms with Gasteiger partial charge in [-0.2, -0.15) is 5.10 Å². The molecule has 8 heteroatoms. The van der Waals surface area contributed by atoms with Gasteiger partial charge in [0.2, 0.25) is 0 Å². The van der Waals surface area contributed by atoms with Crippen LogP contribution in [0.1, 0.15) is 33.4 Å². The number of ether oxygens (including phenoxy) is 1. The number of aromatic amines is 1. The van der Waals surface area contributed by atoms with Crippen molar-refractivity contribution in [2.75, 3.05) is 26.2 Å². The predicted molar refractivity (Wildman–Crippen MR) is 93.9 cm³/mol. The summed E-state index contributed by atoms with van der Waals surface area (Å²) in [4.78, 5) is 14.7. The van der Waals surface area contributed by atoms with Crippen LogP contribution >= 0.6 is 12.4 Å². The second-order valence-electron chi connectivity index (χ2n) is 6.16. The van der Waals surface area contributed by atoms with Crippen LogP contribution in [0.2, 0.25) is 0 Å². The molecule has 2 aliphatic heterocycles. The summed E-state index contributed by atoms with van der Waals surface area (Å²) >= 11 is 0. The maximum atomic E-state index is 12.9. The van der Waals surface area contributed by atoms with E-state index in [0.29, 0.717) is 31.9 Å². The second-order valence-corrected chi connectivity index (χ2v) is 6.16. The van der Waals surface area contributed by atoms with Crippen molar-refractivity contribution in [2.24, 2.45) is 0 Å². The number of carbonyl (C=O) groups is 1. The van der Waals surface area contributed by atoms with E-state index >= 15 is 0 Å². The van der Waals surface area contributed by atoms with Gasteiger partial charge in [-0.1, -0.05) is 12.1 Å². The van der Waals surface area contributed by atoms with Crippen molar-refractivity contribution in [1.82, 2.24) is 20.4 Å². The van der Waals surface area contributed by atoms with Crippen molar-refractivity contribution < 1.29 is 14.6 Å². The number of rotatable bonds is 2. The van der Waals surface area contributed by atoms with Crippen LogP contribution in [0.4, 0.5) is 0 Å². The van der Waals surface area contributed by atoms with Gasteiger partial charge >= 0.3 is 0 Å². The molecule has 1 fully saturated rings. The molecule has 0 bridgehead atoms. The van der Waals surface area contributed by atoms with E-state index in [0.717, 1.165) is 29.8 Å². The van der Waals surface area contributed by atoms with Gasteiger partial charge in [-0.25, -0.2) is 0 Å². The number of aromatic nitrogens is 2. The van der Waals surface area contributed by atoms with Crippen LogP contribution in [-0.2, 0) is 17.7 Å². The van der Waals surface area contributed by atoms with E-state index in [1.54, 1.807) is 23.1 Å². The molecule has 3 heterocycles. The summed E-state index contributed by atoms with van der Waals surface area (Å²) in [5.41, 5.74) is 3.41. The van der Waals surface area contributed by atoms with Crippen LogP contribution < -0.4 is 5.32 Å². The van der Waals surface area contributed by atoms with E-state index in [1.807, 2.05) is 6.07 Å². The lowest BCUT2D eigenvalue weighted by Gasteiger charge is -2.33. The molecule has 3 N–H and O–H groups in total. The predicted octanol–water partition coefficient (Wildman–Crippen LogP) is 1.40. The Bertz CT molecular complexity index is 764. The van der Waals surface area contributed by atoms with Gasteiger partial charge < -0.3 is 20.1 Å². The fraction of sp³-hybridized carbons (Fsp3) is 0.412. The minimum absolute atomic E-state index is 0. The van der Waals surface area contributed by atoms with Crippen molar-refractivity contribution >= 4 is 18.3 Å². The summed E-state index contributed by atoms with van der Waals surface area (Å²) in [5, 5.41) is 20.2. The number of nitrogens with one attached hydrogen (secondary N) is 2. The summed E-state index contributed by atoms with van der Waals surface area (Å²) < 4.78 is 5.78. The Hall–Kier alpha value is -2.09. The zero-order chi connectivity index (χ0) is 16.5. The third-order valence-electron chi connectivity index (χ3n) is 4.60. The fourth-order valence-electron chi connectivity index (χ4n) is 3.31. The summed E-state index contributed by atoms with van der Waals surface area (Å²) in [6, 6.07) is 6.99. The average molecular weight is 365 g/mol. The molecule has 0 spiro atoms. The lowest BCUT2D eigenvalue weighted by atomic mass is 10.0. The number of fused-ring (bicyclic) bond motifs is 1. The molecule has 1 aromatic carbocycles. The lowest BCUT2D eigenvalue weighted by molar-refractivity contribution is -0.0231. The third kappa shape index (κ3) is 3.49. The smallest absolute Gasteiger partial charge is 0.274 e. The van der Waals surface area contributed by atoms with Gasteiger partial charge in [-0.3, -0.25) is 9.89 Å². The number of aromatic hydroxyl groups is 1. The number of hydrogen-bond donors (Lipinski definition) is 3. The van der Waals surface area contributed by atoms with Gasteiger partial charge in [0.05, 0.1) is 13.2 Å². The molecule has 2 aliphatic rings. The Labute approximate surface area is 151 Å². The van der Waals surface area contributed by atoms with E-state index in [2.05, 4.69) is 15.5 Å². The highest BCUT2D eigenvalue weighted by Gasteiger charge is 2.30. The first kappa shape index (κ1) is 17.7. The van der Waals surface area contributed by atoms with Crippen LogP contribution in [0.5, 0.6) is 5.75 Å². The molecule has 1 unspecified atom stereocenters. The number of hydrogen-bond acceptors (Lipinski definition) is 5. The van der Waals surface area contributed by atoms with Crippen LogP contribution in [-0.4, -0.2) is 52.4 Å². The van der Waals surface area contributed by atoms with E-state index in [-0.39, 0.29) is 30.2 Å². The van der Waals surface area contributed by atoms with Gasteiger partial charge in [-0.15, -0.1) is 12.4 Å². The second kappa shape index (κ2) is 7.43. The number of halogens is 1. The monoisotopic (exact) mass is 364 g/mol. The molecule has 134 valence electrons. The van der Waals surface area contributed by atoms with Gasteiger partial charge in [0.15, 0.2) is 5.69 Å². The summed E-state index contributed by atoms with van der Waals surface area (Å²) in [5.74, 6) is 0.136. The van der Waals surface area contributed by atoms with Crippen LogP contribution in [0.25, 0.3) is 0 Å². The molecule has 2 aromatic rings. The molecule has 1 atom stereocenters. The van der Waals surface area contributed by atoms with Crippen molar-refractivity contribution in [3.63, 3.8) is 0 Å². The number of carbonyl (C=O) groups excluding carboxylic acids is 1. The molecule has 4 rings (SSSR count). The standard InChI is InChI=1S/C17H20N4O3.ClH/c22-12-3-1-2-11(8-12)15-10-21(6-7-24-15)17(23)16-13-9-18-5-4-14(13)19-20-16;/h1-3,8,15,18,22H,4-7,9-10H2,(H,19,20);1H. The quantitative estimate of drug-likeness (QED) is 0.749. The number of benzene rings is 1. The zero-order valence-electron chi connectivity index (χ0n) is 13.7. The molecular formula is C17H21ClN4O3. The topological polar surface area (TPSA) is 90.5 Å². The molecule has 7 nitrogen and oxygen atoms in total. The average Bonchev–Trinajstić information content (AvgIpc) is 3.05. The Morgan fingerprint density at radius 2 is 2.28 bits per heavy atom. The highest BCUT2D eigenvalue weighted by atomic mass is 35.5. The van der Waals surface area contributed by atoms with E-state index in [1.165, 1.54) is 0 Å². The minimum atomic E-state index is -0.234. The van der Waals surface area contributed by atoms with Gasteiger partial charge in [0.1, 0.15) is 11.9 Å². The van der Waals surface area contributed by atoms with Crippen LogP contribution in [0.3, 0.4) is 0 Å². The highest BCUT2D eigenvalue weighted by molar-refractivity contribution is 5.94. The Kier molecular flexibility index (Phi) is 5.27. The van der Waals surface area contributed by atoms with Crippen molar-refractivity contribution in [3.05, 3.63) is 46.8 Å². The van der Waals surface area contributed by atoms with Crippen LogP contribution in [0.15, 0.2) is 24.3 Å².